The average molecular weight is 422 g/mol. The van der Waals surface area contributed by atoms with E-state index in [0.717, 1.165) is 16.4 Å². The second-order valence-electron chi connectivity index (χ2n) is 6.34. The quantitative estimate of drug-likeness (QED) is 0.515. The van der Waals surface area contributed by atoms with E-state index in [4.69, 9.17) is 11.6 Å². The zero-order valence-corrected chi connectivity index (χ0v) is 16.8. The van der Waals surface area contributed by atoms with Gasteiger partial charge in [-0.2, -0.15) is 0 Å². The fraction of sp³-hybridized carbons (Fsp3) is 0.143. The van der Waals surface area contributed by atoms with Gasteiger partial charge in [0.15, 0.2) is 0 Å². The van der Waals surface area contributed by atoms with Gasteiger partial charge in [-0.1, -0.05) is 35.9 Å². The summed E-state index contributed by atoms with van der Waals surface area (Å²) in [4.78, 5) is 0.00696. The first kappa shape index (κ1) is 20.3. The number of hydrogen-bond donors (Lipinski definition) is 0. The van der Waals surface area contributed by atoms with Crippen molar-refractivity contribution >= 4 is 27.3 Å². The number of benzene rings is 3. The second-order valence-corrected chi connectivity index (χ2v) is 8.53. The first-order valence-corrected chi connectivity index (χ1v) is 10.3. The minimum atomic E-state index is -4.12. The molecular weight excluding hydrogens is 404 g/mol. The number of sulfonamides is 1. The van der Waals surface area contributed by atoms with E-state index in [1.165, 1.54) is 36.4 Å². The Morgan fingerprint density at radius 3 is 2.21 bits per heavy atom. The molecule has 3 nitrogen and oxygen atoms in total. The van der Waals surface area contributed by atoms with Crippen LogP contribution in [0, 0.1) is 18.6 Å². The molecule has 3 aromatic rings. The third-order valence-corrected chi connectivity index (χ3v) is 7.00. The zero-order chi connectivity index (χ0) is 20.5. The van der Waals surface area contributed by atoms with Crippen LogP contribution in [0.15, 0.2) is 71.6 Å². The highest BCUT2D eigenvalue weighted by Crippen LogP contribution is 2.36. The average Bonchev–Trinajstić information content (AvgIpc) is 2.65. The Morgan fingerprint density at radius 1 is 0.929 bits per heavy atom. The van der Waals surface area contributed by atoms with Crippen LogP contribution in [-0.2, 0) is 10.0 Å². The van der Waals surface area contributed by atoms with Gasteiger partial charge in [-0.3, -0.25) is 4.31 Å². The van der Waals surface area contributed by atoms with Crippen molar-refractivity contribution < 1.29 is 17.2 Å². The van der Waals surface area contributed by atoms with E-state index in [1.807, 2.05) is 0 Å². The molecule has 0 aliphatic carbocycles. The molecule has 1 unspecified atom stereocenters. The smallest absolute Gasteiger partial charge is 0.259 e. The molecule has 146 valence electrons. The molecule has 0 N–H and O–H groups in total. The van der Waals surface area contributed by atoms with Gasteiger partial charge in [0.1, 0.15) is 11.6 Å². The second kappa shape index (κ2) is 7.89. The van der Waals surface area contributed by atoms with Crippen molar-refractivity contribution in [3.8, 4) is 0 Å². The van der Waals surface area contributed by atoms with Crippen LogP contribution >= 0.6 is 11.6 Å². The highest BCUT2D eigenvalue weighted by Gasteiger charge is 2.33. The van der Waals surface area contributed by atoms with Gasteiger partial charge in [0, 0.05) is 10.6 Å². The molecule has 0 spiro atoms. The summed E-state index contributed by atoms with van der Waals surface area (Å²) in [5, 5.41) is 0.304. The van der Waals surface area contributed by atoms with E-state index in [2.05, 4.69) is 0 Å². The largest absolute Gasteiger partial charge is 0.265 e. The standard InChI is InChI=1S/C21H18ClF2NO2S/c1-14-19(22)7-5-9-21(14)28(26,27)25(17-12-10-16(23)11-13-17)15(2)18-6-3-4-8-20(18)24/h3-13,15H,1-2H3. The van der Waals surface area contributed by atoms with Crippen LogP contribution in [-0.4, -0.2) is 8.42 Å². The Morgan fingerprint density at radius 2 is 1.57 bits per heavy atom. The summed E-state index contributed by atoms with van der Waals surface area (Å²) in [6.07, 6.45) is 0. The topological polar surface area (TPSA) is 37.4 Å². The van der Waals surface area contributed by atoms with E-state index in [-0.39, 0.29) is 16.1 Å². The normalized spacial score (nSPS) is 12.6. The van der Waals surface area contributed by atoms with Crippen LogP contribution in [0.3, 0.4) is 0 Å². The lowest BCUT2D eigenvalue weighted by Crippen LogP contribution is -2.34. The molecule has 3 rings (SSSR count). The zero-order valence-electron chi connectivity index (χ0n) is 15.2. The lowest BCUT2D eigenvalue weighted by molar-refractivity contribution is 0.568. The number of hydrogen-bond acceptors (Lipinski definition) is 2. The summed E-state index contributed by atoms with van der Waals surface area (Å²) in [5.41, 5.74) is 0.809. The fourth-order valence-electron chi connectivity index (χ4n) is 3.07. The van der Waals surface area contributed by atoms with Crippen molar-refractivity contribution in [2.75, 3.05) is 4.31 Å². The summed E-state index contributed by atoms with van der Waals surface area (Å²) in [5.74, 6) is -1.03. The van der Waals surface area contributed by atoms with Gasteiger partial charge in [0.2, 0.25) is 0 Å². The maximum absolute atomic E-state index is 14.4. The molecule has 0 aliphatic rings. The maximum atomic E-state index is 14.4. The minimum Gasteiger partial charge on any atom is -0.259 e. The van der Waals surface area contributed by atoms with Crippen molar-refractivity contribution in [1.29, 1.82) is 0 Å². The molecule has 3 aromatic carbocycles. The highest BCUT2D eigenvalue weighted by molar-refractivity contribution is 7.93. The molecule has 28 heavy (non-hydrogen) atoms. The molecule has 0 amide bonds. The lowest BCUT2D eigenvalue weighted by Gasteiger charge is -2.31. The van der Waals surface area contributed by atoms with Gasteiger partial charge in [0.05, 0.1) is 16.6 Å². The summed E-state index contributed by atoms with van der Waals surface area (Å²) >= 11 is 6.12. The number of rotatable bonds is 5. The molecule has 0 aliphatic heterocycles. The summed E-state index contributed by atoms with van der Waals surface area (Å²) in [6.45, 7) is 3.19. The Labute approximate surface area is 168 Å². The molecule has 0 saturated carbocycles. The van der Waals surface area contributed by atoms with Crippen LogP contribution in [0.25, 0.3) is 0 Å². The summed E-state index contributed by atoms with van der Waals surface area (Å²) in [6, 6.07) is 14.7. The third kappa shape index (κ3) is 3.75. The fourth-order valence-corrected chi connectivity index (χ4v) is 5.19. The minimum absolute atomic E-state index is 0.00696. The predicted octanol–water partition coefficient (Wildman–Crippen LogP) is 5.88. The molecular formula is C21H18ClF2NO2S. The third-order valence-electron chi connectivity index (χ3n) is 4.54. The van der Waals surface area contributed by atoms with E-state index >= 15 is 0 Å². The molecule has 7 heteroatoms. The molecule has 0 heterocycles. The van der Waals surface area contributed by atoms with Gasteiger partial charge in [-0.05, 0) is 61.9 Å². The monoisotopic (exact) mass is 421 g/mol. The highest BCUT2D eigenvalue weighted by atomic mass is 35.5. The van der Waals surface area contributed by atoms with Crippen LogP contribution < -0.4 is 4.31 Å². The van der Waals surface area contributed by atoms with Crippen LogP contribution in [0.5, 0.6) is 0 Å². The lowest BCUT2D eigenvalue weighted by atomic mass is 10.1. The Hall–Kier alpha value is -2.44. The molecule has 0 radical (unpaired) electrons. The van der Waals surface area contributed by atoms with Crippen molar-refractivity contribution in [3.63, 3.8) is 0 Å². The van der Waals surface area contributed by atoms with E-state index in [9.17, 15) is 17.2 Å². The Balaban J connectivity index is 2.23. The molecule has 1 atom stereocenters. The SMILES string of the molecule is Cc1c(Cl)cccc1S(=O)(=O)N(c1ccc(F)cc1)C(C)c1ccccc1F. The summed E-state index contributed by atoms with van der Waals surface area (Å²) in [7, 11) is -4.12. The van der Waals surface area contributed by atoms with Crippen molar-refractivity contribution in [2.45, 2.75) is 24.8 Å². The van der Waals surface area contributed by atoms with Gasteiger partial charge in [0.25, 0.3) is 10.0 Å². The van der Waals surface area contributed by atoms with Gasteiger partial charge in [-0.25, -0.2) is 17.2 Å². The number of anilines is 1. The number of halogens is 3. The van der Waals surface area contributed by atoms with Crippen LogP contribution in [0.4, 0.5) is 14.5 Å². The van der Waals surface area contributed by atoms with Crippen LogP contribution in [0.1, 0.15) is 24.1 Å². The van der Waals surface area contributed by atoms with E-state index in [0.29, 0.717) is 10.6 Å². The predicted molar refractivity (Wildman–Crippen MR) is 107 cm³/mol. The van der Waals surface area contributed by atoms with Crippen molar-refractivity contribution in [2.24, 2.45) is 0 Å². The Kier molecular flexibility index (Phi) is 5.72. The first-order chi connectivity index (χ1) is 13.2. The molecule has 0 aromatic heterocycles. The molecule has 0 bridgehead atoms. The molecule has 0 fully saturated rings. The van der Waals surface area contributed by atoms with Crippen molar-refractivity contribution in [1.82, 2.24) is 0 Å². The Bertz CT molecular complexity index is 1100. The van der Waals surface area contributed by atoms with E-state index in [1.54, 1.807) is 32.0 Å². The number of nitrogens with zero attached hydrogens (tertiary/aromatic N) is 1. The van der Waals surface area contributed by atoms with Gasteiger partial charge < -0.3 is 0 Å². The van der Waals surface area contributed by atoms with Gasteiger partial charge in [-0.15, -0.1) is 0 Å². The van der Waals surface area contributed by atoms with Gasteiger partial charge >= 0.3 is 0 Å². The van der Waals surface area contributed by atoms with Crippen molar-refractivity contribution in [3.05, 3.63) is 94.5 Å². The maximum Gasteiger partial charge on any atom is 0.265 e. The van der Waals surface area contributed by atoms with Crippen LogP contribution in [0.2, 0.25) is 5.02 Å². The molecule has 0 saturated heterocycles. The first-order valence-electron chi connectivity index (χ1n) is 8.53. The van der Waals surface area contributed by atoms with E-state index < -0.39 is 27.7 Å². The summed E-state index contributed by atoms with van der Waals surface area (Å²) < 4.78 is 56.1.